The van der Waals surface area contributed by atoms with Gasteiger partial charge in [-0.25, -0.2) is 16.8 Å². The van der Waals surface area contributed by atoms with E-state index in [9.17, 15) is 55.3 Å². The number of carbonyl (C=O) groups is 4. The zero-order valence-electron chi connectivity index (χ0n) is 26.7. The van der Waals surface area contributed by atoms with Crippen LogP contribution in [0.1, 0.15) is 11.1 Å². The number of aliphatic carboxylic acids is 2. The Kier molecular flexibility index (Phi) is 19.7. The van der Waals surface area contributed by atoms with Crippen molar-refractivity contribution in [3.05, 3.63) is 95.1 Å². The maximum atomic E-state index is 12.0. The van der Waals surface area contributed by atoms with Crippen LogP contribution in [0.2, 0.25) is 0 Å². The molecule has 2 aromatic rings. The molecular formula is C28H16N4Na4O12S2. The van der Waals surface area contributed by atoms with Gasteiger partial charge in [0.1, 0.15) is 20.2 Å². The summed E-state index contributed by atoms with van der Waals surface area (Å²) in [5.74, 6) is -5.09. The molecule has 2 aliphatic carbocycles. The second-order valence-electron chi connectivity index (χ2n) is 9.13. The summed E-state index contributed by atoms with van der Waals surface area (Å²) < 4.78 is 72.1. The third-order valence-corrected chi connectivity index (χ3v) is 7.79. The quantitative estimate of drug-likeness (QED) is 0.0569. The van der Waals surface area contributed by atoms with Gasteiger partial charge >= 0.3 is 118 Å². The first-order chi connectivity index (χ1) is 21.5. The Balaban J connectivity index is 0.00000600. The van der Waals surface area contributed by atoms with E-state index in [0.29, 0.717) is 0 Å². The average molecular weight is 757 g/mol. The fourth-order valence-corrected chi connectivity index (χ4v) is 5.24. The van der Waals surface area contributed by atoms with Gasteiger partial charge in [0.15, 0.2) is 11.6 Å². The molecule has 0 saturated heterocycles. The van der Waals surface area contributed by atoms with Crippen molar-refractivity contribution in [2.75, 3.05) is 10.9 Å². The molecule has 0 unspecified atom stereocenters. The molecule has 0 radical (unpaired) electrons. The minimum absolute atomic E-state index is 0. The number of nitrogens with zero attached hydrogens (tertiary/aromatic N) is 2. The summed E-state index contributed by atoms with van der Waals surface area (Å²) in [7, 11) is -10.3. The van der Waals surface area contributed by atoms with Gasteiger partial charge < -0.3 is 28.9 Å². The minimum Gasteiger partial charge on any atom is -0.744 e. The van der Waals surface area contributed by atoms with Crippen LogP contribution in [0.3, 0.4) is 0 Å². The molecule has 0 atom stereocenters. The first kappa shape index (κ1) is 48.2. The molecule has 4 rings (SSSR count). The zero-order valence-corrected chi connectivity index (χ0v) is 36.3. The van der Waals surface area contributed by atoms with Gasteiger partial charge in [0.05, 0.1) is 44.5 Å². The fraction of sp³-hybridized carbons (Fsp3) is 0. The van der Waals surface area contributed by atoms with Crippen molar-refractivity contribution in [2.45, 2.75) is 9.79 Å². The molecule has 2 aromatic carbocycles. The number of carboxylic acid groups (broad SMARTS) is 2. The van der Waals surface area contributed by atoms with Gasteiger partial charge in [-0.3, -0.25) is 20.4 Å². The normalized spacial score (nSPS) is 15.6. The number of carboxylic acids is 2. The molecule has 236 valence electrons. The van der Waals surface area contributed by atoms with Gasteiger partial charge in [0.2, 0.25) is 0 Å². The molecule has 0 heterocycles. The van der Waals surface area contributed by atoms with E-state index in [4.69, 9.17) is 0 Å². The molecule has 0 aliphatic heterocycles. The Bertz CT molecular complexity index is 2010. The van der Waals surface area contributed by atoms with E-state index in [0.717, 1.165) is 48.6 Å². The van der Waals surface area contributed by atoms with Gasteiger partial charge in [-0.15, -0.1) is 0 Å². The van der Waals surface area contributed by atoms with Gasteiger partial charge in [0, 0.05) is 11.1 Å². The molecule has 0 fully saturated rings. The van der Waals surface area contributed by atoms with E-state index in [-0.39, 0.29) is 152 Å². The Hall–Kier alpha value is -1.82. The SMILES string of the molecule is O=C([O-])C1=C/C(=N\Nc2ccc(/C=C/c3ccc(N/N=C4\C=CC(=O)C(C(=O)[O-])=C4)cc3S(=O)(=O)[O-])c(S(=O)(=O)[O-])c2)C=CC1=O.[Na+].[Na+].[Na+].[Na+]. The van der Waals surface area contributed by atoms with E-state index >= 15 is 0 Å². The van der Waals surface area contributed by atoms with E-state index < -0.39 is 64.7 Å². The number of rotatable bonds is 10. The maximum absolute atomic E-state index is 12.0. The number of allylic oxidation sites excluding steroid dienone is 6. The number of anilines is 2. The summed E-state index contributed by atoms with van der Waals surface area (Å²) in [5, 5.41) is 29.8. The Morgan fingerprint density at radius 1 is 0.600 bits per heavy atom. The monoisotopic (exact) mass is 756 g/mol. The summed E-state index contributed by atoms with van der Waals surface area (Å²) in [5.41, 5.74) is 2.99. The summed E-state index contributed by atoms with van der Waals surface area (Å²) >= 11 is 0. The molecule has 50 heavy (non-hydrogen) atoms. The number of nitrogens with one attached hydrogen (secondary N) is 2. The molecule has 0 saturated carbocycles. The van der Waals surface area contributed by atoms with E-state index in [1.807, 2.05) is 0 Å². The number of benzene rings is 2. The second kappa shape index (κ2) is 20.4. The van der Waals surface area contributed by atoms with Crippen LogP contribution in [-0.2, 0) is 39.4 Å². The Morgan fingerprint density at radius 2 is 0.940 bits per heavy atom. The van der Waals surface area contributed by atoms with E-state index in [1.54, 1.807) is 0 Å². The van der Waals surface area contributed by atoms with Gasteiger partial charge in [-0.1, -0.05) is 24.3 Å². The Labute approximate surface area is 373 Å². The average Bonchev–Trinajstić information content (AvgIpc) is 2.98. The van der Waals surface area contributed by atoms with Crippen molar-refractivity contribution < 1.29 is 174 Å². The molecule has 0 bridgehead atoms. The predicted octanol–water partition coefficient (Wildman–Crippen LogP) is -13.2. The summed E-state index contributed by atoms with van der Waals surface area (Å²) in [6.45, 7) is 0. The third kappa shape index (κ3) is 13.0. The van der Waals surface area contributed by atoms with Crippen molar-refractivity contribution >= 4 is 78.7 Å². The molecular weight excluding hydrogens is 740 g/mol. The largest absolute Gasteiger partial charge is 1.00 e. The van der Waals surface area contributed by atoms with Crippen molar-refractivity contribution in [3.63, 3.8) is 0 Å². The van der Waals surface area contributed by atoms with Crippen molar-refractivity contribution in [2.24, 2.45) is 10.2 Å². The molecule has 2 N–H and O–H groups in total. The first-order valence-electron chi connectivity index (χ1n) is 12.4. The van der Waals surface area contributed by atoms with Gasteiger partial charge in [-0.05, 0) is 71.8 Å². The van der Waals surface area contributed by atoms with Crippen molar-refractivity contribution in [1.82, 2.24) is 0 Å². The molecule has 0 aromatic heterocycles. The number of hydrazone groups is 2. The van der Waals surface area contributed by atoms with Crippen LogP contribution in [0, 0.1) is 0 Å². The Morgan fingerprint density at radius 3 is 1.24 bits per heavy atom. The van der Waals surface area contributed by atoms with Crippen LogP contribution in [-0.4, -0.2) is 60.9 Å². The first-order valence-corrected chi connectivity index (χ1v) is 15.2. The molecule has 0 spiro atoms. The van der Waals surface area contributed by atoms with Crippen LogP contribution < -0.4 is 139 Å². The van der Waals surface area contributed by atoms with E-state index in [1.165, 1.54) is 36.4 Å². The van der Waals surface area contributed by atoms with Crippen LogP contribution in [0.4, 0.5) is 11.4 Å². The maximum Gasteiger partial charge on any atom is 1.00 e. The molecule has 0 amide bonds. The number of carbonyl (C=O) groups excluding carboxylic acids is 4. The zero-order chi connectivity index (χ0) is 33.8. The predicted molar refractivity (Wildman–Crippen MR) is 154 cm³/mol. The number of hydrogen-bond acceptors (Lipinski definition) is 16. The third-order valence-electron chi connectivity index (χ3n) is 6.00. The van der Waals surface area contributed by atoms with Crippen LogP contribution in [0.5, 0.6) is 0 Å². The smallest absolute Gasteiger partial charge is 0.744 e. The van der Waals surface area contributed by atoms with Crippen LogP contribution in [0.15, 0.2) is 104 Å². The van der Waals surface area contributed by atoms with Gasteiger partial charge in [0.25, 0.3) is 0 Å². The molecule has 22 heteroatoms. The van der Waals surface area contributed by atoms with Crippen molar-refractivity contribution in [3.8, 4) is 0 Å². The fourth-order valence-electron chi connectivity index (χ4n) is 3.85. The molecule has 2 aliphatic rings. The number of ketones is 2. The second-order valence-corrected chi connectivity index (χ2v) is 11.8. The summed E-state index contributed by atoms with van der Waals surface area (Å²) in [6, 6.07) is 6.70. The van der Waals surface area contributed by atoms with Crippen molar-refractivity contribution in [1.29, 1.82) is 0 Å². The van der Waals surface area contributed by atoms with Crippen LogP contribution in [0.25, 0.3) is 12.2 Å². The summed E-state index contributed by atoms with van der Waals surface area (Å²) in [6.07, 6.45) is 8.20. The topological polar surface area (TPSA) is 278 Å². The summed E-state index contributed by atoms with van der Waals surface area (Å²) in [4.78, 5) is 43.7. The van der Waals surface area contributed by atoms with E-state index in [2.05, 4.69) is 21.1 Å². The number of hydrogen-bond donors (Lipinski definition) is 2. The minimum atomic E-state index is -5.13. The molecule has 16 nitrogen and oxygen atoms in total. The standard InChI is InChI=1S/C28H20N4O12S2.4Na/c33-23-9-7-17(11-21(23)27(35)36)29-31-19-5-3-15(25(13-19)45(39,40)41)1-2-16-4-6-20(14-26(16)46(42,43)44)32-30-18-8-10-24(34)22(12-18)28(37)38;;;;/h1-14,31-32H,(H,35,36)(H,37,38)(H,39,40,41)(H,42,43,44);;;;/q;4*+1/p-4/b2-1+,29-17-,30-18+;;;;. The van der Waals surface area contributed by atoms with Crippen LogP contribution >= 0.6 is 0 Å². The van der Waals surface area contributed by atoms with Gasteiger partial charge in [-0.2, -0.15) is 10.2 Å².